The highest BCUT2D eigenvalue weighted by Crippen LogP contribution is 2.26. The summed E-state index contributed by atoms with van der Waals surface area (Å²) in [7, 11) is 0. The number of hydrogen-bond acceptors (Lipinski definition) is 8. The van der Waals surface area contributed by atoms with E-state index < -0.39 is 5.60 Å². The number of furan rings is 1. The number of ether oxygens (including phenoxy) is 2. The van der Waals surface area contributed by atoms with E-state index in [0.29, 0.717) is 29.6 Å². The van der Waals surface area contributed by atoms with Crippen LogP contribution in [0.15, 0.2) is 33.5 Å². The van der Waals surface area contributed by atoms with Gasteiger partial charge in [-0.2, -0.15) is 4.98 Å². The zero-order valence-corrected chi connectivity index (χ0v) is 16.0. The fourth-order valence-corrected chi connectivity index (χ4v) is 3.01. The molecule has 4 rings (SSSR count). The smallest absolute Gasteiger partial charge is 0.412 e. The summed E-state index contributed by atoms with van der Waals surface area (Å²) in [5.41, 5.74) is 0.153. The molecule has 1 unspecified atom stereocenters. The molecule has 1 fully saturated rings. The van der Waals surface area contributed by atoms with Crippen LogP contribution in [0.25, 0.3) is 22.6 Å². The lowest BCUT2D eigenvalue weighted by Crippen LogP contribution is -2.40. The van der Waals surface area contributed by atoms with Crippen molar-refractivity contribution in [1.82, 2.24) is 20.0 Å². The van der Waals surface area contributed by atoms with Crippen LogP contribution in [0, 0.1) is 0 Å². The Morgan fingerprint density at radius 1 is 1.39 bits per heavy atom. The molecule has 0 N–H and O–H groups in total. The summed E-state index contributed by atoms with van der Waals surface area (Å²) in [6.07, 6.45) is 4.20. The van der Waals surface area contributed by atoms with Crippen LogP contribution in [0.5, 0.6) is 0 Å². The Labute approximate surface area is 161 Å². The number of carbonyl (C=O) groups excluding carboxylic acids is 1. The number of likely N-dealkylation sites (tertiary alicyclic amines) is 1. The molecule has 148 valence electrons. The number of aromatic nitrogens is 3. The summed E-state index contributed by atoms with van der Waals surface area (Å²) in [5, 5.41) is 4.80. The van der Waals surface area contributed by atoms with Crippen LogP contribution in [0.4, 0.5) is 4.79 Å². The van der Waals surface area contributed by atoms with Gasteiger partial charge in [0.1, 0.15) is 24.0 Å². The molecule has 9 heteroatoms. The molecule has 0 aliphatic carbocycles. The number of amides is 1. The van der Waals surface area contributed by atoms with Gasteiger partial charge in [0, 0.05) is 24.3 Å². The first-order chi connectivity index (χ1) is 13.4. The molecule has 0 saturated carbocycles. The van der Waals surface area contributed by atoms with E-state index in [4.69, 9.17) is 18.4 Å². The number of pyridine rings is 1. The average Bonchev–Trinajstić information content (AvgIpc) is 3.36. The highest BCUT2D eigenvalue weighted by molar-refractivity contribution is 5.80. The van der Waals surface area contributed by atoms with E-state index in [1.54, 1.807) is 29.4 Å². The molecule has 3 aromatic rings. The van der Waals surface area contributed by atoms with Crippen molar-refractivity contribution in [2.75, 3.05) is 6.54 Å². The molecule has 4 heterocycles. The second-order valence-corrected chi connectivity index (χ2v) is 7.62. The van der Waals surface area contributed by atoms with Gasteiger partial charge in [-0.15, -0.1) is 0 Å². The molecule has 1 aliphatic rings. The van der Waals surface area contributed by atoms with Gasteiger partial charge in [0.05, 0.1) is 0 Å². The Balaban J connectivity index is 1.39. The third-order valence-corrected chi connectivity index (χ3v) is 4.23. The Hall–Kier alpha value is -2.94. The summed E-state index contributed by atoms with van der Waals surface area (Å²) >= 11 is 0. The van der Waals surface area contributed by atoms with E-state index in [1.165, 1.54) is 0 Å². The van der Waals surface area contributed by atoms with E-state index in [0.717, 1.165) is 18.2 Å². The minimum Gasteiger partial charge on any atom is -0.452 e. The van der Waals surface area contributed by atoms with Crippen LogP contribution in [0.3, 0.4) is 0 Å². The van der Waals surface area contributed by atoms with Gasteiger partial charge in [-0.1, -0.05) is 5.16 Å². The molecule has 1 amide bonds. The summed E-state index contributed by atoms with van der Waals surface area (Å²) in [4.78, 5) is 22.3. The Kier molecular flexibility index (Phi) is 4.76. The number of nitrogens with zero attached hydrogens (tertiary/aromatic N) is 4. The number of carbonyl (C=O) groups is 1. The molecule has 9 nitrogen and oxygen atoms in total. The van der Waals surface area contributed by atoms with Gasteiger partial charge in [-0.05, 0) is 45.7 Å². The lowest BCUT2D eigenvalue weighted by molar-refractivity contribution is -0.0614. The van der Waals surface area contributed by atoms with E-state index >= 15 is 0 Å². The third kappa shape index (κ3) is 3.99. The zero-order valence-electron chi connectivity index (χ0n) is 16.0. The predicted octanol–water partition coefficient (Wildman–Crippen LogP) is 3.75. The third-order valence-electron chi connectivity index (χ3n) is 4.23. The maximum absolute atomic E-state index is 12.3. The first-order valence-electron chi connectivity index (χ1n) is 9.17. The van der Waals surface area contributed by atoms with Crippen molar-refractivity contribution in [3.63, 3.8) is 0 Å². The molecular weight excluding hydrogens is 364 g/mol. The van der Waals surface area contributed by atoms with Gasteiger partial charge in [-0.3, -0.25) is 9.88 Å². The zero-order chi connectivity index (χ0) is 19.7. The summed E-state index contributed by atoms with van der Waals surface area (Å²) in [6, 6.07) is 3.58. The Bertz CT molecular complexity index is 941. The predicted molar refractivity (Wildman–Crippen MR) is 98.1 cm³/mol. The van der Waals surface area contributed by atoms with Crippen LogP contribution in [-0.4, -0.2) is 44.5 Å². The van der Waals surface area contributed by atoms with Crippen molar-refractivity contribution in [3.8, 4) is 11.6 Å². The fraction of sp³-hybridized carbons (Fsp3) is 0.474. The SMILES string of the molecule is CC(C)(C)OC(=O)N1CCCC1OCc1nc(-c2cc3cnccc3o2)no1. The molecule has 0 radical (unpaired) electrons. The van der Waals surface area contributed by atoms with Crippen molar-refractivity contribution in [3.05, 3.63) is 30.4 Å². The van der Waals surface area contributed by atoms with E-state index in [-0.39, 0.29) is 18.9 Å². The fourth-order valence-electron chi connectivity index (χ4n) is 3.01. The number of rotatable bonds is 4. The van der Waals surface area contributed by atoms with Gasteiger partial charge in [0.2, 0.25) is 5.82 Å². The Morgan fingerprint density at radius 3 is 3.04 bits per heavy atom. The van der Waals surface area contributed by atoms with Gasteiger partial charge in [0.15, 0.2) is 5.76 Å². The summed E-state index contributed by atoms with van der Waals surface area (Å²) in [6.45, 7) is 6.21. The van der Waals surface area contributed by atoms with Gasteiger partial charge in [-0.25, -0.2) is 4.79 Å². The number of hydrogen-bond donors (Lipinski definition) is 0. The summed E-state index contributed by atoms with van der Waals surface area (Å²) < 4.78 is 22.2. The topological polar surface area (TPSA) is 104 Å². The molecule has 1 atom stereocenters. The molecule has 28 heavy (non-hydrogen) atoms. The van der Waals surface area contributed by atoms with E-state index in [2.05, 4.69) is 15.1 Å². The van der Waals surface area contributed by atoms with Crippen LogP contribution < -0.4 is 0 Å². The van der Waals surface area contributed by atoms with Crippen molar-refractivity contribution < 1.29 is 23.2 Å². The molecular formula is C19H22N4O5. The van der Waals surface area contributed by atoms with Crippen molar-refractivity contribution in [2.45, 2.75) is 52.0 Å². The maximum Gasteiger partial charge on any atom is 0.412 e. The maximum atomic E-state index is 12.3. The van der Waals surface area contributed by atoms with Crippen LogP contribution in [0.2, 0.25) is 0 Å². The Morgan fingerprint density at radius 2 is 2.25 bits per heavy atom. The second-order valence-electron chi connectivity index (χ2n) is 7.62. The second kappa shape index (κ2) is 7.23. The van der Waals surface area contributed by atoms with Gasteiger partial charge in [0.25, 0.3) is 5.89 Å². The van der Waals surface area contributed by atoms with Crippen molar-refractivity contribution in [1.29, 1.82) is 0 Å². The van der Waals surface area contributed by atoms with Crippen molar-refractivity contribution >= 4 is 17.1 Å². The monoisotopic (exact) mass is 386 g/mol. The van der Waals surface area contributed by atoms with Gasteiger partial charge >= 0.3 is 6.09 Å². The normalized spacial score (nSPS) is 17.4. The van der Waals surface area contributed by atoms with Crippen LogP contribution in [0.1, 0.15) is 39.5 Å². The minimum absolute atomic E-state index is 0.0960. The first-order valence-corrected chi connectivity index (χ1v) is 9.17. The van der Waals surface area contributed by atoms with E-state index in [1.807, 2.05) is 20.8 Å². The van der Waals surface area contributed by atoms with Crippen molar-refractivity contribution in [2.24, 2.45) is 0 Å². The van der Waals surface area contributed by atoms with Crippen LogP contribution >= 0.6 is 0 Å². The van der Waals surface area contributed by atoms with Crippen LogP contribution in [-0.2, 0) is 16.1 Å². The first kappa shape index (κ1) is 18.4. The highest BCUT2D eigenvalue weighted by Gasteiger charge is 2.33. The molecule has 3 aromatic heterocycles. The number of fused-ring (bicyclic) bond motifs is 1. The minimum atomic E-state index is -0.548. The lowest BCUT2D eigenvalue weighted by Gasteiger charge is -2.28. The summed E-state index contributed by atoms with van der Waals surface area (Å²) in [5.74, 6) is 1.14. The largest absolute Gasteiger partial charge is 0.452 e. The van der Waals surface area contributed by atoms with Gasteiger partial charge < -0.3 is 18.4 Å². The highest BCUT2D eigenvalue weighted by atomic mass is 16.6. The molecule has 1 saturated heterocycles. The molecule has 1 aliphatic heterocycles. The lowest BCUT2D eigenvalue weighted by atomic mass is 10.2. The quantitative estimate of drug-likeness (QED) is 0.668. The molecule has 0 bridgehead atoms. The van der Waals surface area contributed by atoms with E-state index in [9.17, 15) is 4.79 Å². The standard InChI is InChI=1S/C19H22N4O5/c1-19(2,3)27-18(24)23-8-4-5-16(23)25-11-15-21-17(22-28-15)14-9-12-10-20-7-6-13(12)26-14/h6-7,9-10,16H,4-5,8,11H2,1-3H3. The molecule has 0 spiro atoms. The molecule has 0 aromatic carbocycles. The average molecular weight is 386 g/mol.